The molecule has 1 aliphatic carbocycles. The summed E-state index contributed by atoms with van der Waals surface area (Å²) in [5.41, 5.74) is 0.268. The van der Waals surface area contributed by atoms with E-state index in [0.717, 1.165) is 19.4 Å². The third-order valence-corrected chi connectivity index (χ3v) is 3.45. The lowest BCUT2D eigenvalue weighted by Gasteiger charge is -2.30. The van der Waals surface area contributed by atoms with Crippen LogP contribution in [0.1, 0.15) is 39.5 Å². The monoisotopic (exact) mass is 181 g/mol. The molecule has 0 radical (unpaired) electrons. The maximum atomic E-state index is 11.6. The maximum Gasteiger partial charge on any atom is 0.149 e. The van der Waals surface area contributed by atoms with E-state index in [-0.39, 0.29) is 5.54 Å². The first-order chi connectivity index (χ1) is 6.09. The summed E-state index contributed by atoms with van der Waals surface area (Å²) in [7, 11) is 0. The predicted molar refractivity (Wildman–Crippen MR) is 52.6 cm³/mol. The number of carbonyl (C=O) groups excluding carboxylic acids is 1. The summed E-state index contributed by atoms with van der Waals surface area (Å²) in [6, 6.07) is 0. The third-order valence-electron chi connectivity index (χ3n) is 3.45. The van der Waals surface area contributed by atoms with Gasteiger partial charge < -0.3 is 0 Å². The molecule has 0 spiro atoms. The van der Waals surface area contributed by atoms with Crippen molar-refractivity contribution in [3.63, 3.8) is 0 Å². The van der Waals surface area contributed by atoms with E-state index in [1.165, 1.54) is 12.8 Å². The summed E-state index contributed by atoms with van der Waals surface area (Å²) in [6.45, 7) is 6.32. The number of Topliss-reactive ketones (excluding diaryl/α,β-unsaturated/α-hetero) is 1. The molecule has 0 N–H and O–H groups in total. The average molecular weight is 181 g/mol. The molecule has 2 fully saturated rings. The number of likely N-dealkylation sites (tertiary alicyclic amines) is 1. The van der Waals surface area contributed by atoms with Crippen molar-refractivity contribution in [3.05, 3.63) is 0 Å². The second-order valence-corrected chi connectivity index (χ2v) is 5.08. The Morgan fingerprint density at radius 3 is 2.62 bits per heavy atom. The highest BCUT2D eigenvalue weighted by Gasteiger charge is 2.36. The van der Waals surface area contributed by atoms with Crippen molar-refractivity contribution in [1.29, 1.82) is 0 Å². The van der Waals surface area contributed by atoms with Gasteiger partial charge in [0.15, 0.2) is 0 Å². The van der Waals surface area contributed by atoms with Crippen LogP contribution in [0, 0.1) is 5.92 Å². The topological polar surface area (TPSA) is 20.3 Å². The van der Waals surface area contributed by atoms with Gasteiger partial charge >= 0.3 is 0 Å². The van der Waals surface area contributed by atoms with Crippen LogP contribution in [0.25, 0.3) is 0 Å². The lowest BCUT2D eigenvalue weighted by molar-refractivity contribution is -0.122. The minimum Gasteiger partial charge on any atom is -0.298 e. The van der Waals surface area contributed by atoms with Gasteiger partial charge in [-0.05, 0) is 46.1 Å². The maximum absolute atomic E-state index is 11.6. The fourth-order valence-corrected chi connectivity index (χ4v) is 2.18. The number of hydrogen-bond donors (Lipinski definition) is 0. The molecular formula is C11H19NO. The lowest BCUT2D eigenvalue weighted by Crippen LogP contribution is -2.41. The van der Waals surface area contributed by atoms with Gasteiger partial charge in [-0.1, -0.05) is 0 Å². The van der Waals surface area contributed by atoms with Crippen molar-refractivity contribution < 1.29 is 4.79 Å². The number of nitrogens with zero attached hydrogens (tertiary/aromatic N) is 1. The SMILES string of the molecule is CC1(C)CCCN1CC(=O)C1CC1. The molecule has 0 atom stereocenters. The number of ketones is 1. The second-order valence-electron chi connectivity index (χ2n) is 5.08. The molecule has 1 saturated heterocycles. The van der Waals surface area contributed by atoms with E-state index in [1.54, 1.807) is 0 Å². The molecule has 0 bridgehead atoms. The van der Waals surface area contributed by atoms with Crippen molar-refractivity contribution in [2.45, 2.75) is 45.1 Å². The summed E-state index contributed by atoms with van der Waals surface area (Å²) in [5, 5.41) is 0. The summed E-state index contributed by atoms with van der Waals surface area (Å²) >= 11 is 0. The van der Waals surface area contributed by atoms with E-state index in [4.69, 9.17) is 0 Å². The van der Waals surface area contributed by atoms with Gasteiger partial charge in [-0.25, -0.2) is 0 Å². The fourth-order valence-electron chi connectivity index (χ4n) is 2.18. The highest BCUT2D eigenvalue weighted by molar-refractivity contribution is 5.85. The molecule has 0 aromatic heterocycles. The summed E-state index contributed by atoms with van der Waals surface area (Å²) in [6.07, 6.45) is 4.79. The highest BCUT2D eigenvalue weighted by atomic mass is 16.1. The number of carbonyl (C=O) groups is 1. The standard InChI is InChI=1S/C11H19NO/c1-11(2)6-3-7-12(11)8-10(13)9-4-5-9/h9H,3-8H2,1-2H3. The number of rotatable bonds is 3. The van der Waals surface area contributed by atoms with Gasteiger partial charge in [0.05, 0.1) is 6.54 Å². The largest absolute Gasteiger partial charge is 0.298 e. The normalized spacial score (nSPS) is 27.8. The number of hydrogen-bond acceptors (Lipinski definition) is 2. The molecule has 2 heteroatoms. The highest BCUT2D eigenvalue weighted by Crippen LogP contribution is 2.33. The van der Waals surface area contributed by atoms with Crippen LogP contribution in [0.3, 0.4) is 0 Å². The predicted octanol–water partition coefficient (Wildman–Crippen LogP) is 1.84. The molecule has 0 aromatic carbocycles. The van der Waals surface area contributed by atoms with Crippen LogP contribution >= 0.6 is 0 Å². The van der Waals surface area contributed by atoms with E-state index in [1.807, 2.05) is 0 Å². The van der Waals surface area contributed by atoms with Gasteiger partial charge in [0.2, 0.25) is 0 Å². The molecule has 13 heavy (non-hydrogen) atoms. The minimum absolute atomic E-state index is 0.268. The van der Waals surface area contributed by atoms with Gasteiger partial charge in [0.1, 0.15) is 5.78 Å². The quantitative estimate of drug-likeness (QED) is 0.662. The Morgan fingerprint density at radius 1 is 1.46 bits per heavy atom. The van der Waals surface area contributed by atoms with Crippen molar-refractivity contribution in [2.75, 3.05) is 13.1 Å². The molecule has 2 aliphatic rings. The van der Waals surface area contributed by atoms with E-state index in [0.29, 0.717) is 18.2 Å². The molecule has 2 rings (SSSR count). The zero-order valence-electron chi connectivity index (χ0n) is 8.68. The van der Waals surface area contributed by atoms with Crippen LogP contribution in [0.2, 0.25) is 0 Å². The molecule has 0 aromatic rings. The van der Waals surface area contributed by atoms with Crippen LogP contribution in [0.4, 0.5) is 0 Å². The molecule has 1 aliphatic heterocycles. The Hall–Kier alpha value is -0.370. The van der Waals surface area contributed by atoms with Gasteiger partial charge in [0, 0.05) is 11.5 Å². The lowest BCUT2D eigenvalue weighted by atomic mass is 10.0. The second kappa shape index (κ2) is 3.09. The van der Waals surface area contributed by atoms with Crippen molar-refractivity contribution >= 4 is 5.78 Å². The van der Waals surface area contributed by atoms with Crippen LogP contribution in [-0.4, -0.2) is 29.3 Å². The van der Waals surface area contributed by atoms with Crippen LogP contribution in [0.15, 0.2) is 0 Å². The smallest absolute Gasteiger partial charge is 0.149 e. The molecule has 74 valence electrons. The van der Waals surface area contributed by atoms with Crippen LogP contribution in [0.5, 0.6) is 0 Å². The van der Waals surface area contributed by atoms with Crippen LogP contribution in [-0.2, 0) is 4.79 Å². The Kier molecular flexibility index (Phi) is 2.18. The zero-order valence-corrected chi connectivity index (χ0v) is 8.68. The van der Waals surface area contributed by atoms with Gasteiger partial charge in [-0.2, -0.15) is 0 Å². The molecule has 1 heterocycles. The van der Waals surface area contributed by atoms with E-state index in [2.05, 4.69) is 18.7 Å². The summed E-state index contributed by atoms with van der Waals surface area (Å²) < 4.78 is 0. The van der Waals surface area contributed by atoms with E-state index >= 15 is 0 Å². The summed E-state index contributed by atoms with van der Waals surface area (Å²) in [4.78, 5) is 14.0. The zero-order chi connectivity index (χ0) is 9.47. The summed E-state index contributed by atoms with van der Waals surface area (Å²) in [5.74, 6) is 0.909. The van der Waals surface area contributed by atoms with Gasteiger partial charge in [0.25, 0.3) is 0 Å². The van der Waals surface area contributed by atoms with Crippen molar-refractivity contribution in [1.82, 2.24) is 4.90 Å². The van der Waals surface area contributed by atoms with Crippen molar-refractivity contribution in [3.8, 4) is 0 Å². The molecule has 2 nitrogen and oxygen atoms in total. The molecule has 0 unspecified atom stereocenters. The first-order valence-electron chi connectivity index (χ1n) is 5.37. The van der Waals surface area contributed by atoms with Crippen LogP contribution < -0.4 is 0 Å². The average Bonchev–Trinajstić information content (AvgIpc) is 2.80. The van der Waals surface area contributed by atoms with Gasteiger partial charge in [-0.15, -0.1) is 0 Å². The third kappa shape index (κ3) is 1.93. The molecule has 0 amide bonds. The van der Waals surface area contributed by atoms with Crippen molar-refractivity contribution in [2.24, 2.45) is 5.92 Å². The first kappa shape index (κ1) is 9.20. The van der Waals surface area contributed by atoms with Gasteiger partial charge in [-0.3, -0.25) is 9.69 Å². The minimum atomic E-state index is 0.268. The molecule has 1 saturated carbocycles. The first-order valence-corrected chi connectivity index (χ1v) is 5.37. The van der Waals surface area contributed by atoms with E-state index in [9.17, 15) is 4.79 Å². The Morgan fingerprint density at radius 2 is 2.15 bits per heavy atom. The molecular weight excluding hydrogens is 162 g/mol. The Balaban J connectivity index is 1.89. The Bertz CT molecular complexity index is 218. The Labute approximate surface area is 80.3 Å². The fraction of sp³-hybridized carbons (Fsp3) is 0.909. The van der Waals surface area contributed by atoms with E-state index < -0.39 is 0 Å².